The van der Waals surface area contributed by atoms with Crippen molar-refractivity contribution in [1.29, 1.82) is 0 Å². The van der Waals surface area contributed by atoms with Gasteiger partial charge in [0, 0.05) is 12.0 Å². The van der Waals surface area contributed by atoms with Gasteiger partial charge < -0.3 is 4.74 Å². The van der Waals surface area contributed by atoms with E-state index >= 15 is 0 Å². The molecule has 1 aromatic carbocycles. The molecular formula is C12H14F2O2. The first kappa shape index (κ1) is 12.6. The quantitative estimate of drug-likeness (QED) is 0.723. The highest BCUT2D eigenvalue weighted by Gasteiger charge is 2.09. The monoisotopic (exact) mass is 228 g/mol. The number of benzene rings is 1. The maximum absolute atomic E-state index is 12.0. The lowest BCUT2D eigenvalue weighted by Gasteiger charge is -2.09. The number of halogens is 2. The summed E-state index contributed by atoms with van der Waals surface area (Å²) in [6.07, 6.45) is -2.12. The highest BCUT2D eigenvalue weighted by Crippen LogP contribution is 2.21. The highest BCUT2D eigenvalue weighted by molar-refractivity contribution is 5.96. The molecule has 0 spiro atoms. The van der Waals surface area contributed by atoms with Crippen LogP contribution in [0.3, 0.4) is 0 Å². The van der Waals surface area contributed by atoms with Crippen LogP contribution in [-0.4, -0.2) is 18.8 Å². The second-order valence-electron chi connectivity index (χ2n) is 3.46. The normalized spacial score (nSPS) is 10.6. The Labute approximate surface area is 93.2 Å². The summed E-state index contributed by atoms with van der Waals surface area (Å²) < 4.78 is 28.9. The fourth-order valence-corrected chi connectivity index (χ4v) is 1.29. The molecule has 4 heteroatoms. The van der Waals surface area contributed by atoms with Crippen LogP contribution in [0.25, 0.3) is 0 Å². The molecule has 0 atom stereocenters. The maximum Gasteiger partial charge on any atom is 0.272 e. The van der Waals surface area contributed by atoms with Crippen molar-refractivity contribution in [2.24, 2.45) is 0 Å². The van der Waals surface area contributed by atoms with Crippen LogP contribution in [0.1, 0.15) is 29.3 Å². The minimum atomic E-state index is -2.51. The van der Waals surface area contributed by atoms with E-state index in [-0.39, 0.29) is 5.78 Å². The Morgan fingerprint density at radius 3 is 2.69 bits per heavy atom. The van der Waals surface area contributed by atoms with Gasteiger partial charge >= 0.3 is 0 Å². The number of carbonyl (C=O) groups is 1. The van der Waals surface area contributed by atoms with E-state index < -0.39 is 13.0 Å². The molecule has 0 aliphatic carbocycles. The van der Waals surface area contributed by atoms with Gasteiger partial charge in [-0.2, -0.15) is 0 Å². The second-order valence-corrected chi connectivity index (χ2v) is 3.46. The largest absolute Gasteiger partial charge is 0.487 e. The number of aryl methyl sites for hydroxylation is 1. The molecule has 1 rings (SSSR count). The lowest BCUT2D eigenvalue weighted by Crippen LogP contribution is -2.08. The fraction of sp³-hybridized carbons (Fsp3) is 0.417. The van der Waals surface area contributed by atoms with Crippen LogP contribution >= 0.6 is 0 Å². The summed E-state index contributed by atoms with van der Waals surface area (Å²) in [5.41, 5.74) is 1.24. The summed E-state index contributed by atoms with van der Waals surface area (Å²) in [7, 11) is 0. The molecule has 0 heterocycles. The summed E-state index contributed by atoms with van der Waals surface area (Å²) in [5, 5.41) is 0. The number of hydrogen-bond donors (Lipinski definition) is 0. The van der Waals surface area contributed by atoms with Gasteiger partial charge in [0.25, 0.3) is 6.43 Å². The van der Waals surface area contributed by atoms with Crippen LogP contribution in [0.4, 0.5) is 8.78 Å². The van der Waals surface area contributed by atoms with Gasteiger partial charge in [-0.05, 0) is 18.6 Å². The van der Waals surface area contributed by atoms with Gasteiger partial charge in [-0.1, -0.05) is 19.1 Å². The van der Waals surface area contributed by atoms with Crippen LogP contribution in [-0.2, 0) is 0 Å². The van der Waals surface area contributed by atoms with E-state index in [0.29, 0.717) is 17.7 Å². The van der Waals surface area contributed by atoms with Crippen molar-refractivity contribution < 1.29 is 18.3 Å². The zero-order valence-corrected chi connectivity index (χ0v) is 9.30. The smallest absolute Gasteiger partial charge is 0.272 e. The Kier molecular flexibility index (Phi) is 4.40. The van der Waals surface area contributed by atoms with E-state index in [1.54, 1.807) is 26.0 Å². The topological polar surface area (TPSA) is 26.3 Å². The van der Waals surface area contributed by atoms with E-state index in [1.807, 2.05) is 0 Å². The molecule has 0 unspecified atom stereocenters. The first-order valence-corrected chi connectivity index (χ1v) is 5.09. The molecule has 16 heavy (non-hydrogen) atoms. The maximum atomic E-state index is 12.0. The van der Waals surface area contributed by atoms with E-state index in [4.69, 9.17) is 4.74 Å². The molecule has 1 aromatic rings. The first-order chi connectivity index (χ1) is 7.54. The summed E-state index contributed by atoms with van der Waals surface area (Å²) in [6.45, 7) is 2.85. The van der Waals surface area contributed by atoms with E-state index in [1.165, 1.54) is 6.07 Å². The molecule has 0 fully saturated rings. The van der Waals surface area contributed by atoms with Gasteiger partial charge in [0.05, 0.1) is 0 Å². The third kappa shape index (κ3) is 3.29. The third-order valence-electron chi connectivity index (χ3n) is 2.20. The summed E-state index contributed by atoms with van der Waals surface area (Å²) in [4.78, 5) is 11.4. The summed E-state index contributed by atoms with van der Waals surface area (Å²) in [6, 6.07) is 4.89. The predicted molar refractivity (Wildman–Crippen MR) is 57.3 cm³/mol. The molecule has 0 N–H and O–H groups in total. The average molecular weight is 228 g/mol. The molecule has 88 valence electrons. The summed E-state index contributed by atoms with van der Waals surface area (Å²) in [5.74, 6) is 0.321. The standard InChI is InChI=1S/C12H14F2O2/c1-3-10(15)9-5-4-8(2)11(6-9)16-7-12(13)14/h4-6,12H,3,7H2,1-2H3. The molecule has 0 aliphatic rings. The molecular weight excluding hydrogens is 214 g/mol. The van der Waals surface area contributed by atoms with E-state index in [0.717, 1.165) is 5.56 Å². The molecule has 0 aliphatic heterocycles. The van der Waals surface area contributed by atoms with Crippen LogP contribution in [0.2, 0.25) is 0 Å². The lowest BCUT2D eigenvalue weighted by molar-refractivity contribution is 0.0815. The fourth-order valence-electron chi connectivity index (χ4n) is 1.29. The first-order valence-electron chi connectivity index (χ1n) is 5.09. The van der Waals surface area contributed by atoms with Gasteiger partial charge in [-0.25, -0.2) is 8.78 Å². The highest BCUT2D eigenvalue weighted by atomic mass is 19.3. The summed E-state index contributed by atoms with van der Waals surface area (Å²) >= 11 is 0. The van der Waals surface area contributed by atoms with Gasteiger partial charge in [0.2, 0.25) is 0 Å². The molecule has 0 aromatic heterocycles. The molecule has 0 saturated carbocycles. The number of alkyl halides is 2. The third-order valence-corrected chi connectivity index (χ3v) is 2.20. The Morgan fingerprint density at radius 2 is 2.12 bits per heavy atom. The minimum Gasteiger partial charge on any atom is -0.487 e. The Hall–Kier alpha value is -1.45. The number of rotatable bonds is 5. The van der Waals surface area contributed by atoms with Gasteiger partial charge in [-0.15, -0.1) is 0 Å². The Morgan fingerprint density at radius 1 is 1.44 bits per heavy atom. The number of carbonyl (C=O) groups excluding carboxylic acids is 1. The number of ketones is 1. The van der Waals surface area contributed by atoms with Crippen molar-refractivity contribution in [3.63, 3.8) is 0 Å². The number of hydrogen-bond acceptors (Lipinski definition) is 2. The number of Topliss-reactive ketones (excluding diaryl/α,β-unsaturated/α-hetero) is 1. The van der Waals surface area contributed by atoms with Crippen LogP contribution < -0.4 is 4.74 Å². The molecule has 0 radical (unpaired) electrons. The van der Waals surface area contributed by atoms with E-state index in [9.17, 15) is 13.6 Å². The van der Waals surface area contributed by atoms with Gasteiger partial charge in [0.15, 0.2) is 5.78 Å². The van der Waals surface area contributed by atoms with Crippen molar-refractivity contribution in [3.05, 3.63) is 29.3 Å². The number of ether oxygens (including phenoxy) is 1. The van der Waals surface area contributed by atoms with Crippen molar-refractivity contribution in [3.8, 4) is 5.75 Å². The zero-order chi connectivity index (χ0) is 12.1. The van der Waals surface area contributed by atoms with Crippen molar-refractivity contribution >= 4 is 5.78 Å². The van der Waals surface area contributed by atoms with Crippen molar-refractivity contribution in [2.45, 2.75) is 26.7 Å². The van der Waals surface area contributed by atoms with Crippen LogP contribution in [0, 0.1) is 6.92 Å². The Balaban J connectivity index is 2.86. The zero-order valence-electron chi connectivity index (χ0n) is 9.30. The SMILES string of the molecule is CCC(=O)c1ccc(C)c(OCC(F)F)c1. The minimum absolute atomic E-state index is 0.0260. The van der Waals surface area contributed by atoms with Gasteiger partial charge in [0.1, 0.15) is 12.4 Å². The van der Waals surface area contributed by atoms with Gasteiger partial charge in [-0.3, -0.25) is 4.79 Å². The Bertz CT molecular complexity index is 375. The van der Waals surface area contributed by atoms with Crippen molar-refractivity contribution in [1.82, 2.24) is 0 Å². The van der Waals surface area contributed by atoms with E-state index in [2.05, 4.69) is 0 Å². The molecule has 2 nitrogen and oxygen atoms in total. The molecule has 0 amide bonds. The lowest BCUT2D eigenvalue weighted by atomic mass is 10.1. The average Bonchev–Trinajstić information content (AvgIpc) is 2.26. The molecule has 0 saturated heterocycles. The van der Waals surface area contributed by atoms with Crippen molar-refractivity contribution in [2.75, 3.05) is 6.61 Å². The van der Waals surface area contributed by atoms with Crippen LogP contribution in [0.5, 0.6) is 5.75 Å². The molecule has 0 bridgehead atoms. The van der Waals surface area contributed by atoms with Crippen LogP contribution in [0.15, 0.2) is 18.2 Å². The predicted octanol–water partition coefficient (Wildman–Crippen LogP) is 3.23. The second kappa shape index (κ2) is 5.58.